The van der Waals surface area contributed by atoms with Crippen LogP contribution in [-0.4, -0.2) is 24.1 Å². The van der Waals surface area contributed by atoms with Crippen LogP contribution in [0, 0.1) is 0 Å². The second-order valence-corrected chi connectivity index (χ2v) is 12.4. The number of aromatic nitrogens is 5. The maximum atomic E-state index is 4.76. The number of hydrogen-bond donors (Lipinski definition) is 0. The summed E-state index contributed by atoms with van der Waals surface area (Å²) < 4.78 is 6.73. The normalized spacial score (nSPS) is 11.7. The maximum Gasteiger partial charge on any atom is 0.121 e. The summed E-state index contributed by atoms with van der Waals surface area (Å²) in [5.74, 6) is 0. The van der Waals surface area contributed by atoms with Gasteiger partial charge in [-0.25, -0.2) is 4.68 Å². The zero-order valence-corrected chi connectivity index (χ0v) is 26.5. The highest BCUT2D eigenvalue weighted by molar-refractivity contribution is 6.11. The third-order valence-electron chi connectivity index (χ3n) is 9.59. The maximum absolute atomic E-state index is 4.76. The topological polar surface area (TPSA) is 40.6 Å². The molecule has 0 saturated heterocycles. The molecule has 49 heavy (non-hydrogen) atoms. The quantitative estimate of drug-likeness (QED) is 0.190. The van der Waals surface area contributed by atoms with Crippen LogP contribution in [0.2, 0.25) is 0 Å². The minimum Gasteiger partial charge on any atom is -0.309 e. The summed E-state index contributed by atoms with van der Waals surface area (Å²) in [6.45, 7) is 0. The fourth-order valence-corrected chi connectivity index (χ4v) is 7.45. The van der Waals surface area contributed by atoms with Crippen LogP contribution in [0.15, 0.2) is 176 Å². The first-order valence-corrected chi connectivity index (χ1v) is 16.5. The molecule has 0 aliphatic rings. The molecule has 0 radical (unpaired) electrons. The van der Waals surface area contributed by atoms with Gasteiger partial charge >= 0.3 is 0 Å². The van der Waals surface area contributed by atoms with Crippen LogP contribution in [-0.2, 0) is 0 Å². The number of hydrogen-bond acceptors (Lipinski definition) is 2. The van der Waals surface area contributed by atoms with E-state index in [4.69, 9.17) is 10.3 Å². The summed E-state index contributed by atoms with van der Waals surface area (Å²) in [4.78, 5) is 0. The van der Waals surface area contributed by atoms with Crippen molar-refractivity contribution in [2.24, 2.45) is 0 Å². The largest absolute Gasteiger partial charge is 0.309 e. The lowest BCUT2D eigenvalue weighted by atomic mass is 10.0. The molecule has 10 rings (SSSR count). The fraction of sp³-hybridized carbons (Fsp3) is 0. The molecule has 230 valence electrons. The zero-order valence-electron chi connectivity index (χ0n) is 26.5. The Morgan fingerprint density at radius 3 is 1.43 bits per heavy atom. The first kappa shape index (κ1) is 27.4. The smallest absolute Gasteiger partial charge is 0.121 e. The zero-order chi connectivity index (χ0) is 32.3. The molecule has 0 atom stereocenters. The van der Waals surface area contributed by atoms with Crippen molar-refractivity contribution in [1.82, 2.24) is 24.1 Å². The van der Waals surface area contributed by atoms with Gasteiger partial charge in [-0.2, -0.15) is 0 Å². The van der Waals surface area contributed by atoms with E-state index >= 15 is 0 Å². The van der Waals surface area contributed by atoms with Crippen LogP contribution in [0.5, 0.6) is 0 Å². The third-order valence-corrected chi connectivity index (χ3v) is 9.59. The van der Waals surface area contributed by atoms with Gasteiger partial charge in [0.15, 0.2) is 0 Å². The van der Waals surface area contributed by atoms with E-state index in [1.54, 1.807) is 0 Å². The van der Waals surface area contributed by atoms with Crippen LogP contribution < -0.4 is 0 Å². The van der Waals surface area contributed by atoms with Gasteiger partial charge in [0.25, 0.3) is 0 Å². The third kappa shape index (κ3) is 4.26. The predicted octanol–water partition coefficient (Wildman–Crippen LogP) is 10.8. The molecule has 0 N–H and O–H groups in total. The Balaban J connectivity index is 1.21. The van der Waals surface area contributed by atoms with E-state index in [9.17, 15) is 0 Å². The first-order chi connectivity index (χ1) is 24.3. The molecule has 0 bridgehead atoms. The van der Waals surface area contributed by atoms with E-state index in [2.05, 4.69) is 161 Å². The molecule has 10 aromatic rings. The van der Waals surface area contributed by atoms with Gasteiger partial charge in [-0.1, -0.05) is 133 Å². The molecule has 7 aromatic carbocycles. The van der Waals surface area contributed by atoms with Gasteiger partial charge in [-0.05, 0) is 48.5 Å². The van der Waals surface area contributed by atoms with Gasteiger partial charge in [0, 0.05) is 44.0 Å². The Bertz CT molecular complexity index is 2770. The molecule has 5 heteroatoms. The van der Waals surface area contributed by atoms with Crippen LogP contribution in [0.4, 0.5) is 0 Å². The Labute approximate surface area is 282 Å². The van der Waals surface area contributed by atoms with E-state index in [1.165, 1.54) is 32.6 Å². The summed E-state index contributed by atoms with van der Waals surface area (Å²) >= 11 is 0. The fourth-order valence-electron chi connectivity index (χ4n) is 7.45. The number of rotatable bonds is 5. The molecule has 0 fully saturated rings. The lowest BCUT2D eigenvalue weighted by Crippen LogP contribution is -2.01. The highest BCUT2D eigenvalue weighted by Crippen LogP contribution is 2.38. The second kappa shape index (κ2) is 10.9. The Morgan fingerprint density at radius 1 is 0.347 bits per heavy atom. The molecule has 0 aliphatic carbocycles. The van der Waals surface area contributed by atoms with Gasteiger partial charge in [0.2, 0.25) is 0 Å². The van der Waals surface area contributed by atoms with E-state index in [0.29, 0.717) is 0 Å². The van der Waals surface area contributed by atoms with Gasteiger partial charge in [0.1, 0.15) is 11.4 Å². The van der Waals surface area contributed by atoms with Crippen molar-refractivity contribution in [3.8, 4) is 39.6 Å². The van der Waals surface area contributed by atoms with Crippen LogP contribution in [0.1, 0.15) is 0 Å². The van der Waals surface area contributed by atoms with Gasteiger partial charge in [-0.15, -0.1) is 5.10 Å². The predicted molar refractivity (Wildman–Crippen MR) is 201 cm³/mol. The van der Waals surface area contributed by atoms with E-state index in [1.807, 2.05) is 28.9 Å². The Hall–Kier alpha value is -6.72. The summed E-state index contributed by atoms with van der Waals surface area (Å²) in [6, 6.07) is 62.2. The Morgan fingerprint density at radius 2 is 0.837 bits per heavy atom. The molecular formula is C44H29N5. The average Bonchev–Trinajstić information content (AvgIpc) is 3.86. The first-order valence-electron chi connectivity index (χ1n) is 16.5. The van der Waals surface area contributed by atoms with Crippen molar-refractivity contribution in [2.45, 2.75) is 0 Å². The van der Waals surface area contributed by atoms with E-state index < -0.39 is 0 Å². The average molecular weight is 628 g/mol. The number of para-hydroxylation sites is 3. The molecule has 3 heterocycles. The Kier molecular flexibility index (Phi) is 6.11. The molecule has 3 aromatic heterocycles. The highest BCUT2D eigenvalue weighted by atomic mass is 15.4. The summed E-state index contributed by atoms with van der Waals surface area (Å²) in [6.07, 6.45) is 0. The summed E-state index contributed by atoms with van der Waals surface area (Å²) in [5.41, 5.74) is 11.7. The van der Waals surface area contributed by atoms with Crippen molar-refractivity contribution in [3.63, 3.8) is 0 Å². The molecule has 0 unspecified atom stereocenters. The van der Waals surface area contributed by atoms with E-state index in [-0.39, 0.29) is 0 Å². The molecule has 0 aliphatic heterocycles. The standard InChI is InChI=1S/C44H29N5/c1-3-14-30(15-4-1)43-44(31-16-5-2-6-17-31)49(46-45-43)34-26-27-38-37-22-9-12-25-41(37)48(42(38)29-34)33-19-13-18-32(28-33)47-39-23-10-7-20-35(39)36-21-8-11-24-40(36)47/h1-29H. The lowest BCUT2D eigenvalue weighted by Gasteiger charge is -2.13. The number of fused-ring (bicyclic) bond motifs is 6. The molecular weight excluding hydrogens is 599 g/mol. The van der Waals surface area contributed by atoms with Crippen molar-refractivity contribution >= 4 is 43.6 Å². The van der Waals surface area contributed by atoms with Gasteiger partial charge in [-0.3, -0.25) is 0 Å². The van der Waals surface area contributed by atoms with Crippen LogP contribution in [0.3, 0.4) is 0 Å². The summed E-state index contributed by atoms with van der Waals surface area (Å²) in [7, 11) is 0. The van der Waals surface area contributed by atoms with Crippen molar-refractivity contribution < 1.29 is 0 Å². The lowest BCUT2D eigenvalue weighted by molar-refractivity contribution is 0.809. The second-order valence-electron chi connectivity index (χ2n) is 12.4. The van der Waals surface area contributed by atoms with Gasteiger partial charge < -0.3 is 9.13 Å². The van der Waals surface area contributed by atoms with Crippen molar-refractivity contribution in [1.29, 1.82) is 0 Å². The monoisotopic (exact) mass is 627 g/mol. The molecule has 5 nitrogen and oxygen atoms in total. The van der Waals surface area contributed by atoms with E-state index in [0.717, 1.165) is 50.6 Å². The van der Waals surface area contributed by atoms with Crippen molar-refractivity contribution in [3.05, 3.63) is 176 Å². The minimum absolute atomic E-state index is 0.853. The minimum atomic E-state index is 0.853. The SMILES string of the molecule is c1ccc(-c2nnn(-c3ccc4c5ccccc5n(-c5cccc(-n6c7ccccc7c7ccccc76)c5)c4c3)c2-c2ccccc2)cc1. The van der Waals surface area contributed by atoms with Crippen molar-refractivity contribution in [2.75, 3.05) is 0 Å². The van der Waals surface area contributed by atoms with Gasteiger partial charge in [0.05, 0.1) is 27.8 Å². The number of benzene rings is 7. The molecule has 0 saturated carbocycles. The molecule has 0 amide bonds. The number of nitrogens with zero attached hydrogens (tertiary/aromatic N) is 5. The summed E-state index contributed by atoms with van der Waals surface area (Å²) in [5, 5.41) is 14.4. The highest BCUT2D eigenvalue weighted by Gasteiger charge is 2.20. The van der Waals surface area contributed by atoms with Crippen LogP contribution >= 0.6 is 0 Å². The molecule has 0 spiro atoms. The van der Waals surface area contributed by atoms with Crippen LogP contribution in [0.25, 0.3) is 83.2 Å².